The molecule has 0 unspecified atom stereocenters. The van der Waals surface area contributed by atoms with E-state index >= 15 is 0 Å². The highest BCUT2D eigenvalue weighted by molar-refractivity contribution is 6.30. The summed E-state index contributed by atoms with van der Waals surface area (Å²) in [7, 11) is 0. The summed E-state index contributed by atoms with van der Waals surface area (Å²) < 4.78 is 1.80. The number of carbonyl (C=O) groups excluding carboxylic acids is 1. The number of nitrogens with zero attached hydrogens (tertiary/aromatic N) is 2. The Kier molecular flexibility index (Phi) is 5.83. The van der Waals surface area contributed by atoms with Crippen LogP contribution >= 0.6 is 11.6 Å². The largest absolute Gasteiger partial charge is 0.349 e. The third kappa shape index (κ3) is 3.94. The van der Waals surface area contributed by atoms with Crippen molar-refractivity contribution in [3.63, 3.8) is 0 Å². The third-order valence-electron chi connectivity index (χ3n) is 3.97. The summed E-state index contributed by atoms with van der Waals surface area (Å²) in [5.41, 5.74) is 2.39. The summed E-state index contributed by atoms with van der Waals surface area (Å²) in [6.07, 6.45) is 3.48. The molecule has 0 bridgehead atoms. The normalized spacial score (nSPS) is 11.3. The smallest absolute Gasteiger partial charge is 0.255 e. The second-order valence-electron chi connectivity index (χ2n) is 5.98. The van der Waals surface area contributed by atoms with Gasteiger partial charge in [-0.3, -0.25) is 4.79 Å². The minimum Gasteiger partial charge on any atom is -0.349 e. The Labute approximate surface area is 142 Å². The molecule has 0 fully saturated rings. The van der Waals surface area contributed by atoms with Gasteiger partial charge in [0.15, 0.2) is 0 Å². The number of carbonyl (C=O) groups is 1. The first-order chi connectivity index (χ1) is 11.0. The molecule has 0 saturated heterocycles. The number of amides is 1. The van der Waals surface area contributed by atoms with Gasteiger partial charge in [-0.15, -0.1) is 0 Å². The van der Waals surface area contributed by atoms with Crippen LogP contribution in [0.3, 0.4) is 0 Å². The van der Waals surface area contributed by atoms with E-state index in [1.807, 2.05) is 24.3 Å². The van der Waals surface area contributed by atoms with Crippen molar-refractivity contribution in [2.45, 2.75) is 52.5 Å². The van der Waals surface area contributed by atoms with E-state index in [1.165, 1.54) is 0 Å². The van der Waals surface area contributed by atoms with Crippen molar-refractivity contribution in [3.05, 3.63) is 46.7 Å². The van der Waals surface area contributed by atoms with Crippen LogP contribution in [0.4, 0.5) is 0 Å². The highest BCUT2D eigenvalue weighted by Crippen LogP contribution is 2.24. The Morgan fingerprint density at radius 3 is 2.57 bits per heavy atom. The van der Waals surface area contributed by atoms with Crippen molar-refractivity contribution in [1.29, 1.82) is 0 Å². The first-order valence-electron chi connectivity index (χ1n) is 8.12. The van der Waals surface area contributed by atoms with E-state index in [9.17, 15) is 4.79 Å². The van der Waals surface area contributed by atoms with E-state index in [1.54, 1.807) is 10.9 Å². The second kappa shape index (κ2) is 7.64. The molecule has 2 aromatic rings. The van der Waals surface area contributed by atoms with Crippen molar-refractivity contribution < 1.29 is 4.79 Å². The van der Waals surface area contributed by atoms with Gasteiger partial charge in [0.25, 0.3) is 5.91 Å². The highest BCUT2D eigenvalue weighted by Gasteiger charge is 2.22. The van der Waals surface area contributed by atoms with E-state index in [2.05, 4.69) is 38.1 Å². The van der Waals surface area contributed by atoms with Crippen molar-refractivity contribution >= 4 is 17.5 Å². The minimum atomic E-state index is -0.0596. The Hall–Kier alpha value is -1.81. The average Bonchev–Trinajstić information content (AvgIpc) is 2.97. The van der Waals surface area contributed by atoms with E-state index in [0.29, 0.717) is 10.6 Å². The molecule has 1 N–H and O–H groups in total. The van der Waals surface area contributed by atoms with E-state index < -0.39 is 0 Å². The maximum Gasteiger partial charge on any atom is 0.255 e. The van der Waals surface area contributed by atoms with Gasteiger partial charge in [0, 0.05) is 11.1 Å². The third-order valence-corrected chi connectivity index (χ3v) is 4.21. The number of hydrogen-bond donors (Lipinski definition) is 1. The van der Waals surface area contributed by atoms with Crippen LogP contribution in [-0.2, 0) is 0 Å². The molecule has 0 spiro atoms. The van der Waals surface area contributed by atoms with Crippen molar-refractivity contribution in [3.8, 4) is 5.69 Å². The molecule has 1 heterocycles. The van der Waals surface area contributed by atoms with Crippen LogP contribution in [0.15, 0.2) is 30.5 Å². The zero-order valence-electron chi connectivity index (χ0n) is 14.1. The van der Waals surface area contributed by atoms with E-state index in [4.69, 9.17) is 11.6 Å². The van der Waals surface area contributed by atoms with Crippen molar-refractivity contribution in [2.24, 2.45) is 0 Å². The molecule has 1 aromatic carbocycles. The van der Waals surface area contributed by atoms with Crippen molar-refractivity contribution in [1.82, 2.24) is 15.1 Å². The molecule has 1 aromatic heterocycles. The Morgan fingerprint density at radius 2 is 2.00 bits per heavy atom. The maximum absolute atomic E-state index is 12.6. The lowest BCUT2D eigenvalue weighted by molar-refractivity contribution is 0.0933. The standard InChI is InChI=1S/C18H24ClN3O/c1-5-14(6-2)21-18(23)16-11-20-22(17(16)12(3)4)15-9-7-8-13(19)10-15/h7-12,14H,5-6H2,1-4H3,(H,21,23). The topological polar surface area (TPSA) is 46.9 Å². The lowest BCUT2D eigenvalue weighted by atomic mass is 10.0. The van der Waals surface area contributed by atoms with Crippen LogP contribution in [0.1, 0.15) is 62.5 Å². The van der Waals surface area contributed by atoms with Crippen LogP contribution in [-0.4, -0.2) is 21.7 Å². The lowest BCUT2D eigenvalue weighted by Crippen LogP contribution is -2.34. The predicted octanol–water partition coefficient (Wildman–Crippen LogP) is 4.57. The quantitative estimate of drug-likeness (QED) is 0.841. The van der Waals surface area contributed by atoms with E-state index in [0.717, 1.165) is 24.2 Å². The van der Waals surface area contributed by atoms with Gasteiger partial charge in [0.2, 0.25) is 0 Å². The fraction of sp³-hybridized carbons (Fsp3) is 0.444. The van der Waals surface area contributed by atoms with Crippen LogP contribution < -0.4 is 5.32 Å². The summed E-state index contributed by atoms with van der Waals surface area (Å²) in [6.45, 7) is 8.28. The fourth-order valence-corrected chi connectivity index (χ4v) is 2.84. The Morgan fingerprint density at radius 1 is 1.30 bits per heavy atom. The molecule has 124 valence electrons. The fourth-order valence-electron chi connectivity index (χ4n) is 2.66. The van der Waals surface area contributed by atoms with Gasteiger partial charge in [-0.1, -0.05) is 45.4 Å². The number of hydrogen-bond acceptors (Lipinski definition) is 2. The molecule has 1 amide bonds. The van der Waals surface area contributed by atoms with Gasteiger partial charge in [-0.2, -0.15) is 5.10 Å². The number of rotatable bonds is 6. The summed E-state index contributed by atoms with van der Waals surface area (Å²) in [4.78, 5) is 12.6. The molecule has 2 rings (SSSR count). The molecule has 0 atom stereocenters. The SMILES string of the molecule is CCC(CC)NC(=O)c1cnn(-c2cccc(Cl)c2)c1C(C)C. The average molecular weight is 334 g/mol. The minimum absolute atomic E-state index is 0.0596. The summed E-state index contributed by atoms with van der Waals surface area (Å²) >= 11 is 6.08. The molecule has 0 saturated carbocycles. The second-order valence-corrected chi connectivity index (χ2v) is 6.41. The summed E-state index contributed by atoms with van der Waals surface area (Å²) in [5.74, 6) is 0.106. The highest BCUT2D eigenvalue weighted by atomic mass is 35.5. The van der Waals surface area contributed by atoms with Gasteiger partial charge in [0.1, 0.15) is 0 Å². The van der Waals surface area contributed by atoms with E-state index in [-0.39, 0.29) is 17.9 Å². The van der Waals surface area contributed by atoms with Gasteiger partial charge in [-0.25, -0.2) is 4.68 Å². The van der Waals surface area contributed by atoms with Crippen LogP contribution in [0, 0.1) is 0 Å². The molecule has 5 heteroatoms. The number of aromatic nitrogens is 2. The monoisotopic (exact) mass is 333 g/mol. The molecule has 0 aliphatic carbocycles. The van der Waals surface area contributed by atoms with Crippen LogP contribution in [0.25, 0.3) is 5.69 Å². The van der Waals surface area contributed by atoms with Crippen LogP contribution in [0.2, 0.25) is 5.02 Å². The van der Waals surface area contributed by atoms with Crippen molar-refractivity contribution in [2.75, 3.05) is 0 Å². The molecular weight excluding hydrogens is 310 g/mol. The Balaban J connectivity index is 2.41. The first kappa shape index (κ1) is 17.5. The molecular formula is C18H24ClN3O. The Bertz CT molecular complexity index is 675. The number of benzene rings is 1. The summed E-state index contributed by atoms with van der Waals surface area (Å²) in [6, 6.07) is 7.69. The molecule has 0 aliphatic heterocycles. The molecule has 23 heavy (non-hydrogen) atoms. The van der Waals surface area contributed by atoms with Gasteiger partial charge in [-0.05, 0) is 37.0 Å². The van der Waals surface area contributed by atoms with Crippen LogP contribution in [0.5, 0.6) is 0 Å². The summed E-state index contributed by atoms with van der Waals surface area (Å²) in [5, 5.41) is 8.16. The zero-order chi connectivity index (χ0) is 17.0. The maximum atomic E-state index is 12.6. The zero-order valence-corrected chi connectivity index (χ0v) is 14.9. The number of nitrogens with one attached hydrogen (secondary N) is 1. The molecule has 4 nitrogen and oxygen atoms in total. The molecule has 0 radical (unpaired) electrons. The molecule has 0 aliphatic rings. The van der Waals surface area contributed by atoms with Gasteiger partial charge in [0.05, 0.1) is 23.1 Å². The lowest BCUT2D eigenvalue weighted by Gasteiger charge is -2.16. The van der Waals surface area contributed by atoms with Gasteiger partial charge < -0.3 is 5.32 Å². The van der Waals surface area contributed by atoms with Gasteiger partial charge >= 0.3 is 0 Å². The first-order valence-corrected chi connectivity index (χ1v) is 8.50. The predicted molar refractivity (Wildman–Crippen MR) is 94.5 cm³/mol. The number of halogens is 1.